The fourth-order valence-corrected chi connectivity index (χ4v) is 3.17. The van der Waals surface area contributed by atoms with Crippen LogP contribution in [0, 0.1) is 5.92 Å². The van der Waals surface area contributed by atoms with Gasteiger partial charge in [-0.15, -0.1) is 0 Å². The largest absolute Gasteiger partial charge is 0.465 e. The van der Waals surface area contributed by atoms with Crippen LogP contribution in [0.3, 0.4) is 0 Å². The normalized spacial score (nSPS) is 22.4. The molecule has 0 bridgehead atoms. The van der Waals surface area contributed by atoms with Gasteiger partial charge in [0.15, 0.2) is 0 Å². The molecule has 20 heavy (non-hydrogen) atoms. The maximum absolute atomic E-state index is 11.9. The standard InChI is InChI=1S/C16H24N2O2/c1-11-6-4-7-12(10-11)18(2)15-13(16(19)20-3)8-5-9-14(15)17/h5,8-9,11-12H,4,6-7,10,17H2,1-3H3. The number of esters is 1. The molecule has 2 unspecified atom stereocenters. The number of carbonyl (C=O) groups is 1. The Bertz CT molecular complexity index is 487. The van der Waals surface area contributed by atoms with Gasteiger partial charge in [-0.25, -0.2) is 4.79 Å². The summed E-state index contributed by atoms with van der Waals surface area (Å²) in [6, 6.07) is 5.85. The summed E-state index contributed by atoms with van der Waals surface area (Å²) in [5, 5.41) is 0. The summed E-state index contributed by atoms with van der Waals surface area (Å²) in [6.07, 6.45) is 4.82. The first-order valence-corrected chi connectivity index (χ1v) is 7.24. The Morgan fingerprint density at radius 3 is 2.80 bits per heavy atom. The van der Waals surface area contributed by atoms with Gasteiger partial charge in [-0.3, -0.25) is 0 Å². The van der Waals surface area contributed by atoms with E-state index in [2.05, 4.69) is 11.8 Å². The van der Waals surface area contributed by atoms with Gasteiger partial charge in [-0.1, -0.05) is 25.8 Å². The van der Waals surface area contributed by atoms with Crippen LogP contribution >= 0.6 is 0 Å². The minimum atomic E-state index is -0.331. The molecule has 110 valence electrons. The van der Waals surface area contributed by atoms with E-state index in [0.29, 0.717) is 17.3 Å². The van der Waals surface area contributed by atoms with E-state index in [4.69, 9.17) is 10.5 Å². The van der Waals surface area contributed by atoms with E-state index in [1.807, 2.05) is 13.1 Å². The summed E-state index contributed by atoms with van der Waals surface area (Å²) in [5.74, 6) is 0.394. The van der Waals surface area contributed by atoms with Crippen LogP contribution in [0.5, 0.6) is 0 Å². The monoisotopic (exact) mass is 276 g/mol. The summed E-state index contributed by atoms with van der Waals surface area (Å²) in [7, 11) is 3.43. The van der Waals surface area contributed by atoms with E-state index in [1.165, 1.54) is 20.0 Å². The molecule has 1 saturated carbocycles. The number of nitrogens with zero attached hydrogens (tertiary/aromatic N) is 1. The zero-order chi connectivity index (χ0) is 14.7. The molecule has 1 aromatic carbocycles. The summed E-state index contributed by atoms with van der Waals surface area (Å²) in [5.41, 5.74) is 8.09. The number of hydrogen-bond donors (Lipinski definition) is 1. The topological polar surface area (TPSA) is 55.6 Å². The van der Waals surface area contributed by atoms with Gasteiger partial charge in [0.2, 0.25) is 0 Å². The van der Waals surface area contributed by atoms with E-state index in [-0.39, 0.29) is 5.97 Å². The van der Waals surface area contributed by atoms with Gasteiger partial charge in [0, 0.05) is 13.1 Å². The molecular weight excluding hydrogens is 252 g/mol. The van der Waals surface area contributed by atoms with Crippen molar-refractivity contribution in [2.45, 2.75) is 38.6 Å². The average molecular weight is 276 g/mol. The lowest BCUT2D eigenvalue weighted by molar-refractivity contribution is 0.0601. The predicted octanol–water partition coefficient (Wildman–Crippen LogP) is 3.07. The van der Waals surface area contributed by atoms with Gasteiger partial charge in [0.1, 0.15) is 0 Å². The molecule has 0 saturated heterocycles. The number of hydrogen-bond acceptors (Lipinski definition) is 4. The van der Waals surface area contributed by atoms with Crippen molar-refractivity contribution in [1.82, 2.24) is 0 Å². The first-order valence-electron chi connectivity index (χ1n) is 7.24. The van der Waals surface area contributed by atoms with Crippen molar-refractivity contribution in [3.8, 4) is 0 Å². The minimum absolute atomic E-state index is 0.331. The van der Waals surface area contributed by atoms with Crippen LogP contribution in [0.15, 0.2) is 18.2 Å². The molecule has 1 aliphatic carbocycles. The van der Waals surface area contributed by atoms with E-state index in [1.54, 1.807) is 12.1 Å². The molecule has 2 rings (SSSR count). The number of nitrogens with two attached hydrogens (primary N) is 1. The number of ether oxygens (including phenoxy) is 1. The van der Waals surface area contributed by atoms with Crippen molar-refractivity contribution in [2.75, 3.05) is 24.8 Å². The van der Waals surface area contributed by atoms with Crippen LogP contribution in [-0.2, 0) is 4.74 Å². The minimum Gasteiger partial charge on any atom is -0.465 e. The number of carbonyl (C=O) groups excluding carboxylic acids is 1. The van der Waals surface area contributed by atoms with Crippen molar-refractivity contribution in [3.05, 3.63) is 23.8 Å². The Labute approximate surface area is 120 Å². The highest BCUT2D eigenvalue weighted by Gasteiger charge is 2.26. The van der Waals surface area contributed by atoms with E-state index in [9.17, 15) is 4.79 Å². The number of rotatable bonds is 3. The second kappa shape index (κ2) is 6.16. The molecular formula is C16H24N2O2. The summed E-state index contributed by atoms with van der Waals surface area (Å²) >= 11 is 0. The molecule has 0 spiro atoms. The molecule has 1 aromatic rings. The van der Waals surface area contributed by atoms with Gasteiger partial charge < -0.3 is 15.4 Å². The third-order valence-corrected chi connectivity index (χ3v) is 4.28. The van der Waals surface area contributed by atoms with Gasteiger partial charge in [-0.2, -0.15) is 0 Å². The molecule has 0 radical (unpaired) electrons. The van der Waals surface area contributed by atoms with Gasteiger partial charge in [-0.05, 0) is 30.9 Å². The maximum Gasteiger partial charge on any atom is 0.340 e. The quantitative estimate of drug-likeness (QED) is 0.681. The number of benzene rings is 1. The number of anilines is 2. The van der Waals surface area contributed by atoms with E-state index in [0.717, 1.165) is 24.4 Å². The lowest BCUT2D eigenvalue weighted by Crippen LogP contribution is -2.37. The maximum atomic E-state index is 11.9. The second-order valence-electron chi connectivity index (χ2n) is 5.77. The van der Waals surface area contributed by atoms with Crippen LogP contribution in [0.25, 0.3) is 0 Å². The Morgan fingerprint density at radius 1 is 1.40 bits per heavy atom. The van der Waals surface area contributed by atoms with Crippen molar-refractivity contribution in [3.63, 3.8) is 0 Å². The summed E-state index contributed by atoms with van der Waals surface area (Å²) in [6.45, 7) is 2.29. The molecule has 2 N–H and O–H groups in total. The molecule has 4 heteroatoms. The van der Waals surface area contributed by atoms with Gasteiger partial charge in [0.05, 0.1) is 24.0 Å². The molecule has 0 amide bonds. The highest BCUT2D eigenvalue weighted by atomic mass is 16.5. The van der Waals surface area contributed by atoms with Crippen LogP contribution in [0.1, 0.15) is 43.0 Å². The van der Waals surface area contributed by atoms with Crippen molar-refractivity contribution < 1.29 is 9.53 Å². The van der Waals surface area contributed by atoms with Crippen molar-refractivity contribution >= 4 is 17.3 Å². The zero-order valence-corrected chi connectivity index (χ0v) is 12.6. The molecule has 0 heterocycles. The Morgan fingerprint density at radius 2 is 2.15 bits per heavy atom. The summed E-state index contributed by atoms with van der Waals surface area (Å²) in [4.78, 5) is 14.1. The lowest BCUT2D eigenvalue weighted by atomic mass is 9.86. The van der Waals surface area contributed by atoms with Crippen LogP contribution < -0.4 is 10.6 Å². The first kappa shape index (κ1) is 14.7. The van der Waals surface area contributed by atoms with Gasteiger partial charge >= 0.3 is 5.97 Å². The van der Waals surface area contributed by atoms with Crippen LogP contribution in [0.4, 0.5) is 11.4 Å². The SMILES string of the molecule is COC(=O)c1cccc(N)c1N(C)C1CCCC(C)C1. The zero-order valence-electron chi connectivity index (χ0n) is 12.6. The van der Waals surface area contributed by atoms with Crippen molar-refractivity contribution in [2.24, 2.45) is 5.92 Å². The molecule has 1 fully saturated rings. The molecule has 0 aromatic heterocycles. The van der Waals surface area contributed by atoms with Crippen LogP contribution in [0.2, 0.25) is 0 Å². The average Bonchev–Trinajstić information content (AvgIpc) is 2.45. The number of para-hydroxylation sites is 1. The highest BCUT2D eigenvalue weighted by Crippen LogP contribution is 2.34. The second-order valence-corrected chi connectivity index (χ2v) is 5.77. The third-order valence-electron chi connectivity index (χ3n) is 4.28. The predicted molar refractivity (Wildman–Crippen MR) is 82.0 cm³/mol. The number of methoxy groups -OCH3 is 1. The summed E-state index contributed by atoms with van der Waals surface area (Å²) < 4.78 is 4.87. The molecule has 4 nitrogen and oxygen atoms in total. The lowest BCUT2D eigenvalue weighted by Gasteiger charge is -2.36. The molecule has 1 aliphatic rings. The number of nitrogen functional groups attached to an aromatic ring is 1. The fraction of sp³-hybridized carbons (Fsp3) is 0.562. The Kier molecular flexibility index (Phi) is 4.53. The highest BCUT2D eigenvalue weighted by molar-refractivity contribution is 5.99. The van der Waals surface area contributed by atoms with Crippen molar-refractivity contribution in [1.29, 1.82) is 0 Å². The molecule has 0 aliphatic heterocycles. The van der Waals surface area contributed by atoms with E-state index >= 15 is 0 Å². The molecule has 2 atom stereocenters. The van der Waals surface area contributed by atoms with Crippen LogP contribution in [-0.4, -0.2) is 26.2 Å². The smallest absolute Gasteiger partial charge is 0.340 e. The van der Waals surface area contributed by atoms with Gasteiger partial charge in [0.25, 0.3) is 0 Å². The third kappa shape index (κ3) is 2.89. The Balaban J connectivity index is 2.33. The fourth-order valence-electron chi connectivity index (χ4n) is 3.17. The first-order chi connectivity index (χ1) is 9.54. The van der Waals surface area contributed by atoms with E-state index < -0.39 is 0 Å². The Hall–Kier alpha value is -1.71.